The molecule has 0 saturated carbocycles. The number of aromatic hydroxyl groups is 2. The molecule has 0 aromatic heterocycles. The van der Waals surface area contributed by atoms with Crippen molar-refractivity contribution < 1.29 is 20.1 Å². The molecule has 2 aromatic carbocycles. The van der Waals surface area contributed by atoms with Crippen molar-refractivity contribution in [3.8, 4) is 11.5 Å². The number of rotatable bonds is 0. The smallest absolute Gasteiger partial charge is 0.207 e. The number of benzene rings is 2. The molecule has 4 heteroatoms. The topological polar surface area (TPSA) is 77.8 Å². The molecule has 21 heavy (non-hydrogen) atoms. The number of carbonyl (C=O) groups is 1. The molecule has 0 aliphatic heterocycles. The van der Waals surface area contributed by atoms with Gasteiger partial charge in [0.1, 0.15) is 11.5 Å². The molecule has 1 aliphatic carbocycles. The van der Waals surface area contributed by atoms with Gasteiger partial charge in [0.15, 0.2) is 5.76 Å². The Morgan fingerprint density at radius 3 is 2.29 bits per heavy atom. The predicted octanol–water partition coefficient (Wildman–Crippen LogP) is 3.32. The van der Waals surface area contributed by atoms with Crippen LogP contribution in [0.25, 0.3) is 16.8 Å². The van der Waals surface area contributed by atoms with Gasteiger partial charge in [0.05, 0.1) is 5.41 Å². The predicted molar refractivity (Wildman–Crippen MR) is 80.7 cm³/mol. The first-order valence-electron chi connectivity index (χ1n) is 6.68. The molecule has 0 spiro atoms. The van der Waals surface area contributed by atoms with Crippen molar-refractivity contribution in [3.63, 3.8) is 0 Å². The Hall–Kier alpha value is -2.49. The van der Waals surface area contributed by atoms with Gasteiger partial charge in [0, 0.05) is 5.39 Å². The monoisotopic (exact) mass is 284 g/mol. The molecule has 1 aliphatic rings. The third kappa shape index (κ3) is 1.72. The quantitative estimate of drug-likeness (QED) is 0.693. The SMILES string of the molecule is Cc1cc2c(O)cc3c(c2cc1O)C=C(O)C(=O)C3(C)C. The van der Waals surface area contributed by atoms with Crippen molar-refractivity contribution in [1.29, 1.82) is 0 Å². The molecule has 2 aromatic rings. The fraction of sp³-hybridized carbons (Fsp3) is 0.235. The lowest BCUT2D eigenvalue weighted by Gasteiger charge is -2.30. The van der Waals surface area contributed by atoms with E-state index in [1.54, 1.807) is 39.0 Å². The van der Waals surface area contributed by atoms with Crippen molar-refractivity contribution in [2.75, 3.05) is 0 Å². The summed E-state index contributed by atoms with van der Waals surface area (Å²) in [5, 5.41) is 31.3. The van der Waals surface area contributed by atoms with Crippen molar-refractivity contribution in [2.45, 2.75) is 26.2 Å². The zero-order valence-corrected chi connectivity index (χ0v) is 12.1. The third-order valence-corrected chi connectivity index (χ3v) is 4.23. The number of aryl methyl sites for hydroxylation is 1. The fourth-order valence-corrected chi connectivity index (χ4v) is 2.89. The minimum Gasteiger partial charge on any atom is -0.508 e. The van der Waals surface area contributed by atoms with E-state index in [-0.39, 0.29) is 23.0 Å². The van der Waals surface area contributed by atoms with E-state index in [1.165, 1.54) is 6.08 Å². The third-order valence-electron chi connectivity index (χ3n) is 4.23. The second-order valence-corrected chi connectivity index (χ2v) is 6.02. The number of allylic oxidation sites excluding steroid dienone is 1. The molecule has 0 amide bonds. The van der Waals surface area contributed by atoms with Crippen LogP contribution in [0.3, 0.4) is 0 Å². The van der Waals surface area contributed by atoms with E-state index in [2.05, 4.69) is 0 Å². The van der Waals surface area contributed by atoms with Crippen molar-refractivity contribution in [3.05, 3.63) is 40.6 Å². The van der Waals surface area contributed by atoms with Crippen molar-refractivity contribution in [2.24, 2.45) is 0 Å². The fourth-order valence-electron chi connectivity index (χ4n) is 2.89. The van der Waals surface area contributed by atoms with Crippen LogP contribution >= 0.6 is 0 Å². The molecule has 3 rings (SSSR count). The molecule has 0 heterocycles. The van der Waals surface area contributed by atoms with Crippen LogP contribution in [0.4, 0.5) is 0 Å². The Kier molecular flexibility index (Phi) is 2.57. The molecule has 108 valence electrons. The summed E-state index contributed by atoms with van der Waals surface area (Å²) in [6, 6.07) is 4.81. The average molecular weight is 284 g/mol. The highest BCUT2D eigenvalue weighted by atomic mass is 16.3. The molecule has 0 saturated heterocycles. The molecule has 0 unspecified atom stereocenters. The summed E-state index contributed by atoms with van der Waals surface area (Å²) in [6.07, 6.45) is 1.40. The standard InChI is InChI=1S/C17H16O4/c1-8-4-11-9(5-13(8)18)10-6-15(20)16(21)17(2,3)12(10)7-14(11)19/h4-7,18-20H,1-3H3. The number of aliphatic hydroxyl groups is 1. The summed E-state index contributed by atoms with van der Waals surface area (Å²) in [5.41, 5.74) is 1.01. The molecule has 0 bridgehead atoms. The Labute approximate surface area is 122 Å². The number of hydrogen-bond donors (Lipinski definition) is 3. The number of ketones is 1. The van der Waals surface area contributed by atoms with E-state index in [9.17, 15) is 20.1 Å². The van der Waals surface area contributed by atoms with Crippen LogP contribution in [-0.2, 0) is 10.2 Å². The van der Waals surface area contributed by atoms with Gasteiger partial charge >= 0.3 is 0 Å². The van der Waals surface area contributed by atoms with Gasteiger partial charge in [-0.2, -0.15) is 0 Å². The highest BCUT2D eigenvalue weighted by Gasteiger charge is 2.38. The van der Waals surface area contributed by atoms with Crippen LogP contribution in [0.15, 0.2) is 24.0 Å². The molecule has 0 atom stereocenters. The van der Waals surface area contributed by atoms with E-state index in [1.807, 2.05) is 0 Å². The number of phenols is 2. The Morgan fingerprint density at radius 2 is 1.62 bits per heavy atom. The number of aliphatic hydroxyl groups excluding tert-OH is 1. The number of hydrogen-bond acceptors (Lipinski definition) is 4. The minimum atomic E-state index is -0.930. The molecular weight excluding hydrogens is 268 g/mol. The number of carbonyl (C=O) groups excluding carboxylic acids is 1. The Bertz CT molecular complexity index is 829. The molecule has 4 nitrogen and oxygen atoms in total. The van der Waals surface area contributed by atoms with Gasteiger partial charge in [-0.05, 0) is 67.1 Å². The van der Waals surface area contributed by atoms with Gasteiger partial charge in [0.2, 0.25) is 5.78 Å². The van der Waals surface area contributed by atoms with Gasteiger partial charge in [-0.1, -0.05) is 0 Å². The number of fused-ring (bicyclic) bond motifs is 3. The minimum absolute atomic E-state index is 0.0579. The zero-order valence-electron chi connectivity index (χ0n) is 12.1. The average Bonchev–Trinajstić information content (AvgIpc) is 2.41. The second kappa shape index (κ2) is 4.01. The van der Waals surface area contributed by atoms with Crippen molar-refractivity contribution in [1.82, 2.24) is 0 Å². The summed E-state index contributed by atoms with van der Waals surface area (Å²) in [6.45, 7) is 5.15. The van der Waals surface area contributed by atoms with Gasteiger partial charge in [-0.15, -0.1) is 0 Å². The lowest BCUT2D eigenvalue weighted by Crippen LogP contribution is -2.33. The Morgan fingerprint density at radius 1 is 0.952 bits per heavy atom. The maximum atomic E-state index is 12.1. The van der Waals surface area contributed by atoms with Crippen LogP contribution in [0.5, 0.6) is 11.5 Å². The highest BCUT2D eigenvalue weighted by molar-refractivity contribution is 6.11. The van der Waals surface area contributed by atoms with Gasteiger partial charge in [-0.3, -0.25) is 4.79 Å². The van der Waals surface area contributed by atoms with Crippen molar-refractivity contribution >= 4 is 22.6 Å². The molecule has 0 radical (unpaired) electrons. The summed E-state index contributed by atoms with van der Waals surface area (Å²) >= 11 is 0. The largest absolute Gasteiger partial charge is 0.508 e. The van der Waals surface area contributed by atoms with E-state index < -0.39 is 5.41 Å². The summed E-state index contributed by atoms with van der Waals surface area (Å²) in [7, 11) is 0. The first-order chi connectivity index (χ1) is 9.73. The highest BCUT2D eigenvalue weighted by Crippen LogP contribution is 2.43. The number of Topliss-reactive ketones (excluding diaryl/α,β-unsaturated/α-hetero) is 1. The second-order valence-electron chi connectivity index (χ2n) is 6.02. The van der Waals surface area contributed by atoms with Crippen LogP contribution in [0, 0.1) is 6.92 Å². The van der Waals surface area contributed by atoms with E-state index in [0.29, 0.717) is 27.5 Å². The summed E-state index contributed by atoms with van der Waals surface area (Å²) < 4.78 is 0. The Balaban J connectivity index is 2.51. The number of phenolic OH excluding ortho intramolecular Hbond substituents is 2. The van der Waals surface area contributed by atoms with E-state index in [0.717, 1.165) is 0 Å². The summed E-state index contributed by atoms with van der Waals surface area (Å²) in [4.78, 5) is 12.1. The lowest BCUT2D eigenvalue weighted by molar-refractivity contribution is -0.122. The first kappa shape index (κ1) is 13.5. The lowest BCUT2D eigenvalue weighted by atomic mass is 9.72. The molecule has 0 fully saturated rings. The van der Waals surface area contributed by atoms with Crippen LogP contribution in [0.2, 0.25) is 0 Å². The maximum Gasteiger partial charge on any atom is 0.207 e. The zero-order chi connectivity index (χ0) is 15.5. The van der Waals surface area contributed by atoms with Gasteiger partial charge in [0.25, 0.3) is 0 Å². The maximum absolute atomic E-state index is 12.1. The van der Waals surface area contributed by atoms with Gasteiger partial charge < -0.3 is 15.3 Å². The van der Waals surface area contributed by atoms with E-state index >= 15 is 0 Å². The van der Waals surface area contributed by atoms with E-state index in [4.69, 9.17) is 0 Å². The van der Waals surface area contributed by atoms with Crippen LogP contribution in [0.1, 0.15) is 30.5 Å². The molecular formula is C17H16O4. The first-order valence-corrected chi connectivity index (χ1v) is 6.68. The normalized spacial score (nSPS) is 16.7. The molecule has 3 N–H and O–H groups in total. The van der Waals surface area contributed by atoms with Gasteiger partial charge in [-0.25, -0.2) is 0 Å². The van der Waals surface area contributed by atoms with Crippen LogP contribution in [-0.4, -0.2) is 21.1 Å². The van der Waals surface area contributed by atoms with Crippen LogP contribution < -0.4 is 0 Å². The summed E-state index contributed by atoms with van der Waals surface area (Å²) in [5.74, 6) is -0.523.